The highest BCUT2D eigenvalue weighted by atomic mass is 35.5. The summed E-state index contributed by atoms with van der Waals surface area (Å²) in [5.74, 6) is 1.45. The predicted molar refractivity (Wildman–Crippen MR) is 449 cm³/mol. The molecule has 0 aliphatic carbocycles. The molecule has 628 valence electrons. The molecule has 0 bridgehead atoms. The third-order valence-electron chi connectivity index (χ3n) is 20.8. The second-order valence-electron chi connectivity index (χ2n) is 29.1. The van der Waals surface area contributed by atoms with Crippen molar-refractivity contribution in [1.82, 2.24) is 92.6 Å². The number of rotatable bonds is 21. The molecule has 0 spiro atoms. The maximum absolute atomic E-state index is 14.4. The summed E-state index contributed by atoms with van der Waals surface area (Å²) in [4.78, 5) is 65.2. The minimum atomic E-state index is -2.81. The maximum Gasteiger partial charge on any atom is 0.295 e. The van der Waals surface area contributed by atoms with E-state index in [4.69, 9.17) is 46.0 Å². The molecule has 14 heterocycles. The number of ether oxygens (including phenoxy) is 5. The van der Waals surface area contributed by atoms with E-state index >= 15 is 0 Å². The van der Waals surface area contributed by atoms with Crippen molar-refractivity contribution >= 4 is 85.3 Å². The Morgan fingerprint density at radius 1 is 0.455 bits per heavy atom. The number of halogens is 7. The standard InChI is InChI=1S/C30H32F2N8O2.C26H25F2N7O.C23H23ClF2N6O2.C6H9N3/c1-17-18(2)35-21(14-34-17)12-20-13-23(37-22-9-8-19(11-25(22)41-4)24-15-33-16-39(24)3)27-29(36-20)40(30(38-27)28(31)32)26-7-5-6-10-42-26;1-14-15(2)31-18(11-30-14)8-17-9-20(25-21(32-17)10-22(34-25)26(27)28)33-19-6-5-16(7-24(19)36-4)23-12-29-13-35(23)3;1-31-12-27-11-16(31)13-6-7-14(17(9-13)33-2)28-15-10-18(24)29-22-20(15)30-23(21(25)26)32(22)19-5-3-4-8-34-19;1-4-5(2)9-6(7)3-8-4/h8-9,11,13-16,26,28H,5-7,10,12H2,1-4H3,(H,36,37);5-7,9,11-13,26H,8,10H2,1-4H3,(H,32,33);6-7,9-12,19,21H,3-5,8H2,1-2H3,(H,28,29);3H,1-2H3,(H2,7,9). The van der Waals surface area contributed by atoms with Crippen LogP contribution in [-0.2, 0) is 49.9 Å². The van der Waals surface area contributed by atoms with E-state index in [1.54, 1.807) is 83.6 Å². The molecule has 5 N–H and O–H groups in total. The number of nitrogens with one attached hydrogen (secondary N) is 3. The predicted octanol–water partition coefficient (Wildman–Crippen LogP) is 17.9. The zero-order valence-corrected chi connectivity index (χ0v) is 69.3. The van der Waals surface area contributed by atoms with Crippen molar-refractivity contribution in [1.29, 1.82) is 0 Å². The smallest absolute Gasteiger partial charge is 0.295 e. The number of benzene rings is 3. The van der Waals surface area contributed by atoms with Gasteiger partial charge in [0.15, 0.2) is 22.9 Å². The van der Waals surface area contributed by atoms with Crippen LogP contribution >= 0.6 is 11.6 Å². The SMILES string of the molecule is COc1cc(-c2cncn2C)ccc1Nc1cc(Cc2cnc(C)c(C)n2)nc2c1N=C(C(F)F)C2.COc1cc(-c2cncn2C)ccc1Nc1cc(Cc2cnc(C)c(C)n2)nc2c1nc(C(F)F)n2C1CCCCO1.COc1cc(-c2cncn2C)ccc1Nc1cc(Cl)nc2c1nc(C(F)F)n2C1CCCCO1.Cc1ncc(N)nc1C. The summed E-state index contributed by atoms with van der Waals surface area (Å²) in [5, 5.41) is 10.1. The fourth-order valence-corrected chi connectivity index (χ4v) is 14.4. The molecule has 3 aromatic carbocycles. The van der Waals surface area contributed by atoms with Crippen molar-refractivity contribution in [2.75, 3.05) is 56.2 Å². The Morgan fingerprint density at radius 3 is 1.26 bits per heavy atom. The number of aryl methyl sites for hydroxylation is 9. The van der Waals surface area contributed by atoms with Crippen LogP contribution in [0, 0.1) is 41.5 Å². The fraction of sp³-hybridized carbons (Fsp3) is 0.329. The van der Waals surface area contributed by atoms with Crippen LogP contribution in [0.5, 0.6) is 17.2 Å². The van der Waals surface area contributed by atoms with Crippen LogP contribution in [-0.4, -0.2) is 139 Å². The van der Waals surface area contributed by atoms with Crippen molar-refractivity contribution in [3.63, 3.8) is 0 Å². The lowest BCUT2D eigenvalue weighted by Crippen LogP contribution is -2.20. The fourth-order valence-electron chi connectivity index (χ4n) is 14.2. The topological polar surface area (TPSA) is 326 Å². The Kier molecular flexibility index (Phi) is 25.9. The largest absolute Gasteiger partial charge is 0.495 e. The number of fused-ring (bicyclic) bond motifs is 3. The van der Waals surface area contributed by atoms with E-state index in [0.717, 1.165) is 105 Å². The van der Waals surface area contributed by atoms with Crippen molar-refractivity contribution in [3.05, 3.63) is 208 Å². The first-order valence-electron chi connectivity index (χ1n) is 38.9. The monoisotopic (exact) mass is 1670 g/mol. The van der Waals surface area contributed by atoms with Crippen LogP contribution in [0.4, 0.5) is 72.0 Å². The summed E-state index contributed by atoms with van der Waals surface area (Å²) in [7, 11) is 10.5. The molecule has 36 heteroatoms. The van der Waals surface area contributed by atoms with Gasteiger partial charge in [-0.2, -0.15) is 0 Å². The molecule has 29 nitrogen and oxygen atoms in total. The van der Waals surface area contributed by atoms with E-state index < -0.39 is 37.6 Å². The molecule has 0 radical (unpaired) electrons. The van der Waals surface area contributed by atoms with Crippen LogP contribution in [0.15, 0.2) is 134 Å². The average Bonchev–Trinajstić information content (AvgIpc) is 1.60. The number of hydrogen-bond donors (Lipinski definition) is 4. The molecule has 2 saturated heterocycles. The Hall–Kier alpha value is -13.0. The lowest BCUT2D eigenvalue weighted by molar-refractivity contribution is -0.0363. The van der Waals surface area contributed by atoms with Crippen molar-refractivity contribution < 1.29 is 50.0 Å². The highest BCUT2D eigenvalue weighted by Gasteiger charge is 2.33. The van der Waals surface area contributed by atoms with Crippen LogP contribution < -0.4 is 35.9 Å². The first-order valence-corrected chi connectivity index (χ1v) is 39.3. The number of hydrogen-bond acceptors (Lipinski definition) is 24. The van der Waals surface area contributed by atoms with Crippen LogP contribution in [0.25, 0.3) is 56.1 Å². The molecule has 2 atom stereocenters. The van der Waals surface area contributed by atoms with E-state index in [-0.39, 0.29) is 34.3 Å². The summed E-state index contributed by atoms with van der Waals surface area (Å²) >= 11 is 6.31. The summed E-state index contributed by atoms with van der Waals surface area (Å²) in [5.41, 5.74) is 24.3. The minimum absolute atomic E-state index is 0.00465. The normalized spacial score (nSPS) is 14.4. The Balaban J connectivity index is 0.000000141. The lowest BCUT2D eigenvalue weighted by atomic mass is 10.1. The molecule has 3 aliphatic heterocycles. The van der Waals surface area contributed by atoms with Crippen LogP contribution in [0.3, 0.4) is 0 Å². The van der Waals surface area contributed by atoms with Crippen molar-refractivity contribution in [3.8, 4) is 51.0 Å². The van der Waals surface area contributed by atoms with Gasteiger partial charge in [0.05, 0.1) is 179 Å². The number of imidazole rings is 5. The third-order valence-corrected chi connectivity index (χ3v) is 21.0. The average molecular weight is 1680 g/mol. The lowest BCUT2D eigenvalue weighted by Gasteiger charge is -2.25. The number of aromatic nitrogens is 19. The molecule has 3 aliphatic rings. The molecule has 0 saturated carbocycles. The van der Waals surface area contributed by atoms with Gasteiger partial charge in [-0.25, -0.2) is 71.2 Å². The first kappa shape index (κ1) is 84.4. The van der Waals surface area contributed by atoms with Gasteiger partial charge in [0, 0.05) is 94.5 Å². The van der Waals surface area contributed by atoms with Crippen LogP contribution in [0.2, 0.25) is 5.15 Å². The van der Waals surface area contributed by atoms with Gasteiger partial charge in [-0.15, -0.1) is 0 Å². The van der Waals surface area contributed by atoms with E-state index in [0.29, 0.717) is 130 Å². The van der Waals surface area contributed by atoms with E-state index in [2.05, 4.69) is 85.7 Å². The Morgan fingerprint density at radius 2 is 0.868 bits per heavy atom. The number of methoxy groups -OCH3 is 3. The third kappa shape index (κ3) is 19.0. The first-order chi connectivity index (χ1) is 58.3. The van der Waals surface area contributed by atoms with Gasteiger partial charge in [-0.3, -0.25) is 39.0 Å². The van der Waals surface area contributed by atoms with Gasteiger partial charge in [-0.05, 0) is 129 Å². The number of alkyl halides is 6. The highest BCUT2D eigenvalue weighted by Crippen LogP contribution is 2.44. The van der Waals surface area contributed by atoms with E-state index in [1.165, 1.54) is 9.13 Å². The summed E-state index contributed by atoms with van der Waals surface area (Å²) in [6.07, 6.45) is 11.6. The molecule has 14 aromatic rings. The molecule has 2 unspecified atom stereocenters. The zero-order chi connectivity index (χ0) is 85.4. The van der Waals surface area contributed by atoms with E-state index in [1.807, 2.05) is 143 Å². The van der Waals surface area contributed by atoms with Crippen LogP contribution in [0.1, 0.15) is 138 Å². The molecule has 2 fully saturated rings. The number of nitrogens with zero attached hydrogens (tertiary/aromatic N) is 20. The molecule has 17 rings (SSSR count). The minimum Gasteiger partial charge on any atom is -0.495 e. The quantitative estimate of drug-likeness (QED) is 0.0383. The Bertz CT molecular complexity index is 6120. The summed E-state index contributed by atoms with van der Waals surface area (Å²) < 4.78 is 121. The van der Waals surface area contributed by atoms with Crippen molar-refractivity contribution in [2.24, 2.45) is 26.1 Å². The second-order valence-corrected chi connectivity index (χ2v) is 29.5. The number of nitrogen functional groups attached to an aromatic ring is 1. The second kappa shape index (κ2) is 37.1. The van der Waals surface area contributed by atoms with Gasteiger partial charge < -0.3 is 59.1 Å². The highest BCUT2D eigenvalue weighted by molar-refractivity contribution is 6.30. The number of aliphatic imine (C=N–C) groups is 1. The van der Waals surface area contributed by atoms with Gasteiger partial charge in [0.2, 0.25) is 0 Å². The van der Waals surface area contributed by atoms with Gasteiger partial charge in [-0.1, -0.05) is 29.8 Å². The number of nitrogens with two attached hydrogens (primary N) is 1. The summed E-state index contributed by atoms with van der Waals surface area (Å²) in [6, 6.07) is 22.3. The van der Waals surface area contributed by atoms with Gasteiger partial charge in [0.25, 0.3) is 19.3 Å². The molecular weight excluding hydrogens is 1590 g/mol. The molecule has 11 aromatic heterocycles. The van der Waals surface area contributed by atoms with E-state index in [9.17, 15) is 26.3 Å². The zero-order valence-electron chi connectivity index (χ0n) is 68.5. The van der Waals surface area contributed by atoms with Crippen molar-refractivity contribution in [2.45, 2.75) is 131 Å². The van der Waals surface area contributed by atoms with Gasteiger partial charge >= 0.3 is 0 Å². The maximum atomic E-state index is 14.4. The Labute approximate surface area is 697 Å². The molecule has 0 amide bonds. The number of pyridine rings is 3. The molecule has 121 heavy (non-hydrogen) atoms. The van der Waals surface area contributed by atoms with Gasteiger partial charge in [0.1, 0.15) is 57.4 Å². The summed E-state index contributed by atoms with van der Waals surface area (Å²) in [6.45, 7) is 12.4. The number of anilines is 7. The molecular formula is C85H89ClF6N24O5.